The number of carboxylic acids is 1. The van der Waals surface area contributed by atoms with Crippen molar-refractivity contribution in [2.24, 2.45) is 21.6 Å². The lowest BCUT2D eigenvalue weighted by Gasteiger charge is -2.21. The molecule has 106 valence electrons. The van der Waals surface area contributed by atoms with Gasteiger partial charge in [0.25, 0.3) is 0 Å². The normalized spacial score (nSPS) is 21.9. The zero-order valence-corrected chi connectivity index (χ0v) is 11.1. The van der Waals surface area contributed by atoms with Crippen molar-refractivity contribution in [2.45, 2.75) is 44.8 Å². The summed E-state index contributed by atoms with van der Waals surface area (Å²) in [5.41, 5.74) is 5.77. The molecule has 19 heavy (non-hydrogen) atoms. The molecule has 0 saturated carbocycles. The average Bonchev–Trinajstić information content (AvgIpc) is 2.88. The van der Waals surface area contributed by atoms with Gasteiger partial charge in [-0.05, 0) is 5.92 Å². The molecule has 0 aromatic rings. The maximum atomic E-state index is 11.9. The Morgan fingerprint density at radius 1 is 1.53 bits per heavy atom. The molecule has 0 aliphatic carbocycles. The largest absolute Gasteiger partial charge is 0.480 e. The molecule has 1 aliphatic heterocycles. The summed E-state index contributed by atoms with van der Waals surface area (Å²) in [5.74, 6) is -1.54. The zero-order valence-electron chi connectivity index (χ0n) is 11.1. The average molecular weight is 268 g/mol. The molecular formula is C12H20N4O3. The van der Waals surface area contributed by atoms with E-state index in [1.807, 2.05) is 13.8 Å². The molecule has 7 heteroatoms. The number of nitrogens with zero attached hydrogens (tertiary/aromatic N) is 2. The summed E-state index contributed by atoms with van der Waals surface area (Å²) in [6, 6.07) is -2.01. The lowest BCUT2D eigenvalue weighted by atomic mass is 9.98. The Morgan fingerprint density at radius 3 is 2.68 bits per heavy atom. The molecule has 1 rings (SSSR count). The molecule has 0 spiro atoms. The molecule has 0 aromatic heterocycles. The van der Waals surface area contributed by atoms with Gasteiger partial charge in [0, 0.05) is 12.6 Å². The first-order chi connectivity index (χ1) is 8.95. The Bertz CT molecular complexity index is 382. The van der Waals surface area contributed by atoms with Crippen LogP contribution >= 0.6 is 0 Å². The number of amides is 1. The topological polar surface area (TPSA) is 117 Å². The summed E-state index contributed by atoms with van der Waals surface area (Å²) >= 11 is 0. The lowest BCUT2D eigenvalue weighted by Crippen LogP contribution is -2.51. The zero-order chi connectivity index (χ0) is 14.4. The second kappa shape index (κ2) is 6.98. The molecule has 0 unspecified atom stereocenters. The summed E-state index contributed by atoms with van der Waals surface area (Å²) in [6.45, 7) is 3.78. The number of aliphatic imine (C=N–C) groups is 2. The smallest absolute Gasteiger partial charge is 0.326 e. The maximum absolute atomic E-state index is 11.9. The molecule has 1 heterocycles. The van der Waals surface area contributed by atoms with E-state index in [-0.39, 0.29) is 18.4 Å². The van der Waals surface area contributed by atoms with E-state index in [4.69, 9.17) is 10.8 Å². The van der Waals surface area contributed by atoms with Crippen LogP contribution in [0.4, 0.5) is 0 Å². The van der Waals surface area contributed by atoms with Crippen molar-refractivity contribution in [1.29, 1.82) is 0 Å². The van der Waals surface area contributed by atoms with Gasteiger partial charge in [0.15, 0.2) is 0 Å². The molecule has 0 aromatic carbocycles. The van der Waals surface area contributed by atoms with Crippen LogP contribution in [0.5, 0.6) is 0 Å². The van der Waals surface area contributed by atoms with Gasteiger partial charge < -0.3 is 16.2 Å². The van der Waals surface area contributed by atoms with Gasteiger partial charge in [0.2, 0.25) is 5.91 Å². The fourth-order valence-corrected chi connectivity index (χ4v) is 1.67. The predicted molar refractivity (Wildman–Crippen MR) is 72.4 cm³/mol. The number of nitrogens with two attached hydrogens (primary N) is 1. The van der Waals surface area contributed by atoms with Crippen LogP contribution in [0.3, 0.4) is 0 Å². The molecule has 0 fully saturated rings. The number of hydrogen-bond donors (Lipinski definition) is 3. The van der Waals surface area contributed by atoms with Gasteiger partial charge in [-0.2, -0.15) is 0 Å². The fourth-order valence-electron chi connectivity index (χ4n) is 1.67. The van der Waals surface area contributed by atoms with Gasteiger partial charge in [-0.1, -0.05) is 20.3 Å². The van der Waals surface area contributed by atoms with Crippen LogP contribution in [0, 0.1) is 5.92 Å². The second-order valence-corrected chi connectivity index (χ2v) is 4.68. The van der Waals surface area contributed by atoms with Crippen molar-refractivity contribution < 1.29 is 14.7 Å². The first-order valence-corrected chi connectivity index (χ1v) is 6.29. The highest BCUT2D eigenvalue weighted by molar-refractivity contribution is 5.88. The number of aliphatic carboxylic acids is 1. The van der Waals surface area contributed by atoms with Crippen molar-refractivity contribution in [2.75, 3.05) is 0 Å². The Kier molecular flexibility index (Phi) is 5.62. The fraction of sp³-hybridized carbons (Fsp3) is 0.667. The SMILES string of the molecule is CC[C@H](C)[C@H](N)C(=O)N[C@H](C[C@@H]1C=NC=N1)C(=O)O. The standard InChI is InChI=1S/C12H20N4O3/c1-3-7(2)10(13)11(17)16-9(12(18)19)4-8-5-14-6-15-8/h5-10H,3-4,13H2,1-2H3,(H,16,17)(H,18,19)/t7-,8+,9+,10-/m0/s1. The molecule has 0 radical (unpaired) electrons. The quantitative estimate of drug-likeness (QED) is 0.592. The minimum absolute atomic E-state index is 0.000471. The van der Waals surface area contributed by atoms with E-state index in [2.05, 4.69) is 15.3 Å². The van der Waals surface area contributed by atoms with E-state index in [0.29, 0.717) is 0 Å². The van der Waals surface area contributed by atoms with Crippen LogP contribution in [0.1, 0.15) is 26.7 Å². The summed E-state index contributed by atoms with van der Waals surface area (Å²) in [6.07, 6.45) is 3.85. The van der Waals surface area contributed by atoms with Gasteiger partial charge >= 0.3 is 5.97 Å². The van der Waals surface area contributed by atoms with Gasteiger partial charge in [0.05, 0.1) is 12.1 Å². The highest BCUT2D eigenvalue weighted by atomic mass is 16.4. The van der Waals surface area contributed by atoms with Crippen LogP contribution in [-0.2, 0) is 9.59 Å². The van der Waals surface area contributed by atoms with E-state index in [9.17, 15) is 9.59 Å². The molecule has 4 N–H and O–H groups in total. The Balaban J connectivity index is 2.58. The predicted octanol–water partition coefficient (Wildman–Crippen LogP) is -0.199. The second-order valence-electron chi connectivity index (χ2n) is 4.68. The first kappa shape index (κ1) is 15.3. The van der Waals surface area contributed by atoms with Crippen LogP contribution in [0.25, 0.3) is 0 Å². The maximum Gasteiger partial charge on any atom is 0.326 e. The molecule has 7 nitrogen and oxygen atoms in total. The molecule has 1 amide bonds. The van der Waals surface area contributed by atoms with Crippen LogP contribution < -0.4 is 11.1 Å². The monoisotopic (exact) mass is 268 g/mol. The molecule has 0 saturated heterocycles. The van der Waals surface area contributed by atoms with Crippen LogP contribution in [0.2, 0.25) is 0 Å². The molecule has 0 bridgehead atoms. The van der Waals surface area contributed by atoms with Gasteiger partial charge in [-0.15, -0.1) is 0 Å². The third kappa shape index (κ3) is 4.44. The highest BCUT2D eigenvalue weighted by Gasteiger charge is 2.27. The van der Waals surface area contributed by atoms with Crippen molar-refractivity contribution in [3.63, 3.8) is 0 Å². The van der Waals surface area contributed by atoms with Gasteiger partial charge in [-0.25, -0.2) is 9.79 Å². The van der Waals surface area contributed by atoms with Crippen molar-refractivity contribution in [3.8, 4) is 0 Å². The number of carbonyl (C=O) groups excluding carboxylic acids is 1. The number of carboxylic acid groups (broad SMARTS) is 1. The third-order valence-electron chi connectivity index (χ3n) is 3.23. The third-order valence-corrected chi connectivity index (χ3v) is 3.23. The van der Waals surface area contributed by atoms with Crippen LogP contribution in [0.15, 0.2) is 9.98 Å². The van der Waals surface area contributed by atoms with Gasteiger partial charge in [0.1, 0.15) is 12.4 Å². The number of carbonyl (C=O) groups is 2. The summed E-state index contributed by atoms with van der Waals surface area (Å²) in [4.78, 5) is 30.7. The molecule has 4 atom stereocenters. The van der Waals surface area contributed by atoms with E-state index < -0.39 is 24.0 Å². The summed E-state index contributed by atoms with van der Waals surface area (Å²) in [7, 11) is 0. The molecule has 1 aliphatic rings. The van der Waals surface area contributed by atoms with Crippen molar-refractivity contribution in [1.82, 2.24) is 5.32 Å². The highest BCUT2D eigenvalue weighted by Crippen LogP contribution is 2.08. The Hall–Kier alpha value is -1.76. The lowest BCUT2D eigenvalue weighted by molar-refractivity contribution is -0.142. The van der Waals surface area contributed by atoms with E-state index in [1.165, 1.54) is 6.34 Å². The van der Waals surface area contributed by atoms with Gasteiger partial charge in [-0.3, -0.25) is 9.79 Å². The van der Waals surface area contributed by atoms with Crippen LogP contribution in [-0.4, -0.2) is 47.7 Å². The number of nitrogens with one attached hydrogen (secondary N) is 1. The minimum Gasteiger partial charge on any atom is -0.480 e. The summed E-state index contributed by atoms with van der Waals surface area (Å²) in [5, 5.41) is 11.6. The Morgan fingerprint density at radius 2 is 2.21 bits per heavy atom. The van der Waals surface area contributed by atoms with E-state index in [1.54, 1.807) is 6.21 Å². The minimum atomic E-state index is -1.10. The number of rotatable bonds is 7. The molecular weight excluding hydrogens is 248 g/mol. The first-order valence-electron chi connectivity index (χ1n) is 6.29. The van der Waals surface area contributed by atoms with Crippen molar-refractivity contribution >= 4 is 24.4 Å². The van der Waals surface area contributed by atoms with E-state index >= 15 is 0 Å². The van der Waals surface area contributed by atoms with E-state index in [0.717, 1.165) is 6.42 Å². The Labute approximate surface area is 112 Å². The summed E-state index contributed by atoms with van der Waals surface area (Å²) < 4.78 is 0. The van der Waals surface area contributed by atoms with Crippen molar-refractivity contribution in [3.05, 3.63) is 0 Å². The number of hydrogen-bond acceptors (Lipinski definition) is 5.